The van der Waals surface area contributed by atoms with Crippen LogP contribution in [0.2, 0.25) is 0 Å². The van der Waals surface area contributed by atoms with Crippen LogP contribution in [0.4, 0.5) is 5.69 Å². The monoisotopic (exact) mass is 567 g/mol. The third-order valence-electron chi connectivity index (χ3n) is 8.48. The number of nitrogens with one attached hydrogen (secondary N) is 2. The van der Waals surface area contributed by atoms with Crippen LogP contribution in [0, 0.1) is 6.92 Å². The number of rotatable bonds is 9. The van der Waals surface area contributed by atoms with Crippen molar-refractivity contribution in [3.8, 4) is 0 Å². The molecule has 1 aliphatic heterocycles. The second-order valence-corrected chi connectivity index (χ2v) is 12.2. The zero-order chi connectivity index (χ0) is 28.1. The molecular formula is C30H41N5O4S. The Morgan fingerprint density at radius 1 is 1.02 bits per heavy atom. The number of carbonyl (C=O) groups is 3. The largest absolute Gasteiger partial charge is 0.395 e. The van der Waals surface area contributed by atoms with Gasteiger partial charge in [-0.1, -0.05) is 61.9 Å². The molecule has 3 fully saturated rings. The zero-order valence-corrected chi connectivity index (χ0v) is 24.1. The molecule has 0 bridgehead atoms. The second-order valence-electron chi connectivity index (χ2n) is 11.4. The average molecular weight is 568 g/mol. The van der Waals surface area contributed by atoms with Gasteiger partial charge in [-0.05, 0) is 62.5 Å². The van der Waals surface area contributed by atoms with Crippen LogP contribution in [-0.2, 0) is 9.53 Å². The highest BCUT2D eigenvalue weighted by Gasteiger charge is 2.40. The average Bonchev–Trinajstić information content (AvgIpc) is 3.74. The Balaban J connectivity index is 1.43. The molecule has 1 saturated heterocycles. The van der Waals surface area contributed by atoms with E-state index in [1.165, 1.54) is 6.42 Å². The van der Waals surface area contributed by atoms with E-state index in [0.717, 1.165) is 86.9 Å². The first-order valence-electron chi connectivity index (χ1n) is 14.8. The van der Waals surface area contributed by atoms with Crippen LogP contribution in [0.25, 0.3) is 0 Å². The molecule has 1 aromatic carbocycles. The van der Waals surface area contributed by atoms with E-state index in [2.05, 4.69) is 15.0 Å². The molecule has 1 aromatic heterocycles. The number of carbonyl (C=O) groups excluding carboxylic acids is 3. The van der Waals surface area contributed by atoms with E-state index in [4.69, 9.17) is 10.5 Å². The molecule has 0 unspecified atom stereocenters. The number of amides is 3. The summed E-state index contributed by atoms with van der Waals surface area (Å²) in [6.45, 7) is 3.10. The second kappa shape index (κ2) is 13.1. The van der Waals surface area contributed by atoms with E-state index >= 15 is 0 Å². The van der Waals surface area contributed by atoms with Gasteiger partial charge in [-0.2, -0.15) is 4.37 Å². The van der Waals surface area contributed by atoms with Crippen LogP contribution in [0.5, 0.6) is 0 Å². The number of hydrogen-bond acceptors (Lipinski definition) is 7. The number of nitrogen functional groups attached to an aromatic ring is 1. The van der Waals surface area contributed by atoms with E-state index in [9.17, 15) is 14.4 Å². The molecule has 2 heterocycles. The predicted molar refractivity (Wildman–Crippen MR) is 155 cm³/mol. The standard InChI is InChI=1S/C30H41N5O4S/c1-19-13-15-20(16-14-19)26(29(37)32-18-23-12-7-17-39-23)35(22-10-5-6-11-22)30(38)27-24(31)25(34-40-27)28(36)33-21-8-3-2-4-9-21/h13-16,21-23,26H,2-12,17-18,31H2,1H3,(H,32,37)(H,33,36)/t23-,26-/m1/s1. The maximum atomic E-state index is 14.3. The number of nitrogens with two attached hydrogens (primary N) is 1. The molecule has 2 atom stereocenters. The first-order valence-corrected chi connectivity index (χ1v) is 15.5. The Hall–Kier alpha value is -2.98. The lowest BCUT2D eigenvalue weighted by Gasteiger charge is -2.36. The fourth-order valence-corrected chi connectivity index (χ4v) is 6.96. The minimum atomic E-state index is -0.835. The third kappa shape index (κ3) is 6.49. The van der Waals surface area contributed by atoms with Crippen molar-refractivity contribution in [2.24, 2.45) is 0 Å². The summed E-state index contributed by atoms with van der Waals surface area (Å²) in [5, 5.41) is 6.12. The molecule has 40 heavy (non-hydrogen) atoms. The van der Waals surface area contributed by atoms with Gasteiger partial charge in [0.1, 0.15) is 10.9 Å². The predicted octanol–water partition coefficient (Wildman–Crippen LogP) is 4.52. The van der Waals surface area contributed by atoms with Crippen LogP contribution in [0.1, 0.15) is 108 Å². The van der Waals surface area contributed by atoms with Crippen molar-refractivity contribution in [1.82, 2.24) is 19.9 Å². The summed E-state index contributed by atoms with van der Waals surface area (Å²) in [6.07, 6.45) is 10.7. The molecule has 216 valence electrons. The van der Waals surface area contributed by atoms with Crippen LogP contribution in [-0.4, -0.2) is 58.3 Å². The van der Waals surface area contributed by atoms with E-state index in [1.807, 2.05) is 31.2 Å². The molecule has 2 saturated carbocycles. The number of benzene rings is 1. The highest BCUT2D eigenvalue weighted by molar-refractivity contribution is 7.09. The summed E-state index contributed by atoms with van der Waals surface area (Å²) >= 11 is 0.944. The van der Waals surface area contributed by atoms with Gasteiger partial charge >= 0.3 is 0 Å². The lowest BCUT2D eigenvalue weighted by molar-refractivity contribution is -0.127. The van der Waals surface area contributed by atoms with Crippen LogP contribution in [0.3, 0.4) is 0 Å². The lowest BCUT2D eigenvalue weighted by Crippen LogP contribution is -2.49. The molecule has 9 nitrogen and oxygen atoms in total. The molecule has 3 amide bonds. The highest BCUT2D eigenvalue weighted by atomic mass is 32.1. The maximum Gasteiger partial charge on any atom is 0.273 e. The van der Waals surface area contributed by atoms with Crippen molar-refractivity contribution in [2.75, 3.05) is 18.9 Å². The number of aromatic nitrogens is 1. The van der Waals surface area contributed by atoms with Crippen molar-refractivity contribution in [1.29, 1.82) is 0 Å². The van der Waals surface area contributed by atoms with Crippen LogP contribution in [0.15, 0.2) is 24.3 Å². The third-order valence-corrected chi connectivity index (χ3v) is 9.33. The van der Waals surface area contributed by atoms with Gasteiger partial charge in [-0.3, -0.25) is 14.4 Å². The number of aryl methyl sites for hydroxylation is 1. The van der Waals surface area contributed by atoms with Crippen molar-refractivity contribution in [3.63, 3.8) is 0 Å². The van der Waals surface area contributed by atoms with E-state index < -0.39 is 6.04 Å². The Bertz CT molecular complexity index is 1180. The summed E-state index contributed by atoms with van der Waals surface area (Å²) in [7, 11) is 0. The fourth-order valence-electron chi connectivity index (χ4n) is 6.21. The SMILES string of the molecule is Cc1ccc([C@H](C(=O)NC[C@H]2CCCO2)N(C(=O)c2snc(C(=O)NC3CCCCC3)c2N)C2CCCC2)cc1. The normalized spacial score (nSPS) is 20.8. The zero-order valence-electron chi connectivity index (χ0n) is 23.3. The Morgan fingerprint density at radius 2 is 1.73 bits per heavy atom. The number of anilines is 1. The first kappa shape index (κ1) is 28.5. The Morgan fingerprint density at radius 3 is 2.40 bits per heavy atom. The lowest BCUT2D eigenvalue weighted by atomic mass is 9.95. The molecule has 4 N–H and O–H groups in total. The quantitative estimate of drug-likeness (QED) is 0.409. The van der Waals surface area contributed by atoms with Crippen molar-refractivity contribution >= 4 is 34.9 Å². The van der Waals surface area contributed by atoms with Gasteiger partial charge in [0.05, 0.1) is 11.8 Å². The molecular weight excluding hydrogens is 526 g/mol. The fraction of sp³-hybridized carbons (Fsp3) is 0.600. The molecule has 0 spiro atoms. The summed E-state index contributed by atoms with van der Waals surface area (Å²) in [4.78, 5) is 43.1. The van der Waals surface area contributed by atoms with Crippen LogP contribution >= 0.6 is 11.5 Å². The van der Waals surface area contributed by atoms with Gasteiger partial charge in [-0.25, -0.2) is 0 Å². The van der Waals surface area contributed by atoms with E-state index in [1.54, 1.807) is 4.90 Å². The van der Waals surface area contributed by atoms with E-state index in [-0.39, 0.29) is 52.2 Å². The van der Waals surface area contributed by atoms with Crippen molar-refractivity contribution < 1.29 is 19.1 Å². The van der Waals surface area contributed by atoms with Gasteiger partial charge in [0.2, 0.25) is 5.91 Å². The molecule has 0 radical (unpaired) electrons. The molecule has 5 rings (SSSR count). The molecule has 10 heteroatoms. The summed E-state index contributed by atoms with van der Waals surface area (Å²) in [5.41, 5.74) is 8.45. The highest BCUT2D eigenvalue weighted by Crippen LogP contribution is 2.36. The number of nitrogens with zero attached hydrogens (tertiary/aromatic N) is 2. The number of ether oxygens (including phenoxy) is 1. The first-order chi connectivity index (χ1) is 19.4. The van der Waals surface area contributed by atoms with Gasteiger partial charge in [-0.15, -0.1) is 0 Å². The summed E-state index contributed by atoms with van der Waals surface area (Å²) in [5.74, 6) is -0.925. The molecule has 3 aliphatic rings. The summed E-state index contributed by atoms with van der Waals surface area (Å²) in [6, 6.07) is 6.91. The minimum Gasteiger partial charge on any atom is -0.395 e. The molecule has 2 aliphatic carbocycles. The van der Waals surface area contributed by atoms with Gasteiger partial charge in [0.25, 0.3) is 11.8 Å². The van der Waals surface area contributed by atoms with Gasteiger partial charge < -0.3 is 26.0 Å². The summed E-state index contributed by atoms with van der Waals surface area (Å²) < 4.78 is 10.0. The smallest absolute Gasteiger partial charge is 0.273 e. The maximum absolute atomic E-state index is 14.3. The van der Waals surface area contributed by atoms with E-state index in [0.29, 0.717) is 13.2 Å². The number of hydrogen-bond donors (Lipinski definition) is 3. The van der Waals surface area contributed by atoms with Crippen molar-refractivity contribution in [2.45, 2.75) is 102 Å². The Kier molecular flexibility index (Phi) is 9.36. The Labute approximate surface area is 240 Å². The topological polar surface area (TPSA) is 127 Å². The van der Waals surface area contributed by atoms with Gasteiger partial charge in [0.15, 0.2) is 5.69 Å². The van der Waals surface area contributed by atoms with Crippen molar-refractivity contribution in [3.05, 3.63) is 46.0 Å². The minimum absolute atomic E-state index is 0.0133. The van der Waals surface area contributed by atoms with Crippen LogP contribution < -0.4 is 16.4 Å². The molecule has 2 aromatic rings. The van der Waals surface area contributed by atoms with Gasteiger partial charge in [0, 0.05) is 25.2 Å².